The van der Waals surface area contributed by atoms with E-state index in [1.165, 1.54) is 0 Å². The lowest BCUT2D eigenvalue weighted by molar-refractivity contribution is 0.150. The van der Waals surface area contributed by atoms with Crippen LogP contribution in [-0.4, -0.2) is 18.6 Å². The lowest BCUT2D eigenvalue weighted by Gasteiger charge is -2.28. The summed E-state index contributed by atoms with van der Waals surface area (Å²) in [5, 5.41) is 2.87. The Labute approximate surface area is 127 Å². The minimum atomic E-state index is -0.493. The van der Waals surface area contributed by atoms with Crippen molar-refractivity contribution in [1.29, 1.82) is 0 Å². The largest absolute Gasteiger partial charge is 0.457 e. The number of alkyl carbamates (subject to hydrolysis) is 1. The zero-order valence-electron chi connectivity index (χ0n) is 11.2. The first-order valence-corrected chi connectivity index (χ1v) is 7.18. The average molecular weight is 304 g/mol. The molecule has 1 aliphatic rings. The first-order chi connectivity index (χ1) is 10.3. The molecule has 1 N–H and O–H groups in total. The molecule has 0 aliphatic carbocycles. The first-order valence-electron chi connectivity index (χ1n) is 6.64. The maximum Gasteiger partial charge on any atom is 0.407 e. The number of para-hydroxylation sites is 2. The summed E-state index contributed by atoms with van der Waals surface area (Å²) in [6.07, 6.45) is -0.493. The van der Waals surface area contributed by atoms with E-state index in [4.69, 9.17) is 21.1 Å². The zero-order valence-corrected chi connectivity index (χ0v) is 12.0. The van der Waals surface area contributed by atoms with Gasteiger partial charge in [-0.2, -0.15) is 0 Å². The molecule has 0 radical (unpaired) electrons. The summed E-state index contributed by atoms with van der Waals surface area (Å²) < 4.78 is 10.9. The summed E-state index contributed by atoms with van der Waals surface area (Å²) >= 11 is 5.53. The molecule has 5 heteroatoms. The van der Waals surface area contributed by atoms with Crippen LogP contribution >= 0.6 is 11.6 Å². The molecule has 108 valence electrons. The van der Waals surface area contributed by atoms with Gasteiger partial charge in [0.15, 0.2) is 0 Å². The van der Waals surface area contributed by atoms with Crippen LogP contribution in [0, 0.1) is 0 Å². The number of alkyl halides is 1. The fourth-order valence-corrected chi connectivity index (χ4v) is 2.43. The topological polar surface area (TPSA) is 47.6 Å². The predicted molar refractivity (Wildman–Crippen MR) is 80.0 cm³/mol. The fourth-order valence-electron chi connectivity index (χ4n) is 2.36. The highest BCUT2D eigenvalue weighted by atomic mass is 35.5. The average Bonchev–Trinajstić information content (AvgIpc) is 2.52. The van der Waals surface area contributed by atoms with E-state index in [0.717, 1.165) is 22.6 Å². The predicted octanol–water partition coefficient (Wildman–Crippen LogP) is 3.85. The Balaban J connectivity index is 1.93. The molecule has 0 atom stereocenters. The molecule has 0 spiro atoms. The third-order valence-corrected chi connectivity index (χ3v) is 3.41. The van der Waals surface area contributed by atoms with Gasteiger partial charge in [-0.25, -0.2) is 4.79 Å². The number of hydrogen-bond donors (Lipinski definition) is 1. The van der Waals surface area contributed by atoms with Gasteiger partial charge in [-0.15, -0.1) is 11.6 Å². The number of rotatable bonds is 3. The van der Waals surface area contributed by atoms with Crippen LogP contribution in [0.25, 0.3) is 0 Å². The second-order valence-electron chi connectivity index (χ2n) is 4.58. The summed E-state index contributed by atoms with van der Waals surface area (Å²) in [4.78, 5) is 11.9. The molecule has 0 saturated heterocycles. The number of fused-ring (bicyclic) bond motifs is 2. The van der Waals surface area contributed by atoms with E-state index in [2.05, 4.69) is 5.32 Å². The first kappa shape index (κ1) is 13.8. The highest BCUT2D eigenvalue weighted by Crippen LogP contribution is 2.42. The van der Waals surface area contributed by atoms with Crippen molar-refractivity contribution in [3.8, 4) is 11.5 Å². The van der Waals surface area contributed by atoms with Crippen molar-refractivity contribution in [3.05, 3.63) is 59.7 Å². The number of hydrogen-bond acceptors (Lipinski definition) is 3. The number of ether oxygens (including phenoxy) is 2. The molecule has 1 amide bonds. The lowest BCUT2D eigenvalue weighted by Crippen LogP contribution is -2.32. The van der Waals surface area contributed by atoms with Crippen LogP contribution in [0.15, 0.2) is 48.5 Å². The van der Waals surface area contributed by atoms with E-state index in [0.29, 0.717) is 0 Å². The minimum absolute atomic E-state index is 0.180. The summed E-state index contributed by atoms with van der Waals surface area (Å²) in [6.45, 7) is 0.180. The lowest BCUT2D eigenvalue weighted by atomic mass is 9.95. The molecule has 0 unspecified atom stereocenters. The van der Waals surface area contributed by atoms with Crippen LogP contribution in [0.4, 0.5) is 4.79 Å². The Hall–Kier alpha value is -2.20. The van der Waals surface area contributed by atoms with Crippen molar-refractivity contribution >= 4 is 17.7 Å². The van der Waals surface area contributed by atoms with Crippen molar-refractivity contribution in [1.82, 2.24) is 5.32 Å². The van der Waals surface area contributed by atoms with Crippen molar-refractivity contribution in [2.24, 2.45) is 0 Å². The van der Waals surface area contributed by atoms with Gasteiger partial charge in [0.05, 0.1) is 11.9 Å². The molecule has 0 aromatic heterocycles. The van der Waals surface area contributed by atoms with E-state index in [1.807, 2.05) is 48.5 Å². The monoisotopic (exact) mass is 303 g/mol. The Morgan fingerprint density at radius 1 is 1.10 bits per heavy atom. The Morgan fingerprint density at radius 2 is 1.67 bits per heavy atom. The quantitative estimate of drug-likeness (QED) is 0.876. The number of carbonyl (C=O) groups excluding carboxylic acids is 1. The van der Waals surface area contributed by atoms with Gasteiger partial charge in [-0.3, -0.25) is 0 Å². The van der Waals surface area contributed by atoms with Crippen LogP contribution in [0.1, 0.15) is 17.2 Å². The maximum absolute atomic E-state index is 11.9. The molecule has 0 saturated carbocycles. The number of carbonyl (C=O) groups is 1. The van der Waals surface area contributed by atoms with Crippen LogP contribution in [0.2, 0.25) is 0 Å². The number of halogens is 1. The Kier molecular flexibility index (Phi) is 3.97. The summed E-state index contributed by atoms with van der Waals surface area (Å²) in [5.74, 6) is 1.74. The standard InChI is InChI=1S/C16H14ClNO3/c17-9-10-20-16(19)18-15-11-5-1-3-7-13(11)21-14-8-4-2-6-12(14)15/h1-8,15H,9-10H2,(H,18,19). The van der Waals surface area contributed by atoms with E-state index < -0.39 is 6.09 Å². The molecule has 3 rings (SSSR count). The third-order valence-electron chi connectivity index (χ3n) is 3.25. The van der Waals surface area contributed by atoms with Gasteiger partial charge < -0.3 is 14.8 Å². The highest BCUT2D eigenvalue weighted by molar-refractivity contribution is 6.18. The highest BCUT2D eigenvalue weighted by Gasteiger charge is 2.28. The Bertz CT molecular complexity index is 614. The summed E-state index contributed by atoms with van der Waals surface area (Å²) in [6, 6.07) is 14.9. The molecule has 1 aliphatic heterocycles. The smallest absolute Gasteiger partial charge is 0.407 e. The van der Waals surface area contributed by atoms with Crippen LogP contribution in [-0.2, 0) is 4.74 Å². The van der Waals surface area contributed by atoms with E-state index in [9.17, 15) is 4.79 Å². The second-order valence-corrected chi connectivity index (χ2v) is 4.96. The van der Waals surface area contributed by atoms with Crippen molar-refractivity contribution in [2.45, 2.75) is 6.04 Å². The molecule has 1 heterocycles. The van der Waals surface area contributed by atoms with Gasteiger partial charge in [-0.1, -0.05) is 36.4 Å². The number of benzene rings is 2. The van der Waals surface area contributed by atoms with Crippen molar-refractivity contribution in [2.75, 3.05) is 12.5 Å². The SMILES string of the molecule is O=C(NC1c2ccccc2Oc2ccccc21)OCCCl. The third kappa shape index (κ3) is 2.81. The number of nitrogens with one attached hydrogen (secondary N) is 1. The van der Waals surface area contributed by atoms with Gasteiger partial charge in [0.1, 0.15) is 18.1 Å². The molecular formula is C16H14ClNO3. The molecule has 2 aromatic carbocycles. The van der Waals surface area contributed by atoms with E-state index in [1.54, 1.807) is 0 Å². The number of amides is 1. The summed E-state index contributed by atoms with van der Waals surface area (Å²) in [7, 11) is 0. The Morgan fingerprint density at radius 3 is 2.24 bits per heavy atom. The molecule has 4 nitrogen and oxygen atoms in total. The molecule has 21 heavy (non-hydrogen) atoms. The van der Waals surface area contributed by atoms with Crippen molar-refractivity contribution < 1.29 is 14.3 Å². The van der Waals surface area contributed by atoms with Crippen molar-refractivity contribution in [3.63, 3.8) is 0 Å². The molecule has 0 bridgehead atoms. The maximum atomic E-state index is 11.9. The van der Waals surface area contributed by atoms with E-state index >= 15 is 0 Å². The zero-order chi connectivity index (χ0) is 14.7. The molecule has 2 aromatic rings. The molecule has 0 fully saturated rings. The van der Waals surface area contributed by atoms with Gasteiger partial charge in [0.2, 0.25) is 0 Å². The van der Waals surface area contributed by atoms with Gasteiger partial charge in [0, 0.05) is 11.1 Å². The second kappa shape index (κ2) is 6.06. The normalized spacial score (nSPS) is 12.8. The van der Waals surface area contributed by atoms with Crippen LogP contribution in [0.3, 0.4) is 0 Å². The van der Waals surface area contributed by atoms with E-state index in [-0.39, 0.29) is 18.5 Å². The molecular weight excluding hydrogens is 290 g/mol. The van der Waals surface area contributed by atoms with Crippen LogP contribution < -0.4 is 10.1 Å². The van der Waals surface area contributed by atoms with Gasteiger partial charge >= 0.3 is 6.09 Å². The van der Waals surface area contributed by atoms with Gasteiger partial charge in [0.25, 0.3) is 0 Å². The fraction of sp³-hybridized carbons (Fsp3) is 0.188. The van der Waals surface area contributed by atoms with Crippen LogP contribution in [0.5, 0.6) is 11.5 Å². The minimum Gasteiger partial charge on any atom is -0.457 e. The van der Waals surface area contributed by atoms with Gasteiger partial charge in [-0.05, 0) is 12.1 Å². The summed E-state index contributed by atoms with van der Waals surface area (Å²) in [5.41, 5.74) is 1.80.